The molecular formula is C16H11ClF3NO. The van der Waals surface area contributed by atoms with E-state index in [0.29, 0.717) is 12.0 Å². The molecule has 3 rings (SSSR count). The standard InChI is InChI=1S/C16H11ClF3NO/c17-12-2-1-3-13(19)11(12)8-16(22)21-5-4-10-14(20)6-9(18)7-15(10)21/h1-3,6-7H,4-5,8H2. The summed E-state index contributed by atoms with van der Waals surface area (Å²) in [5.41, 5.74) is 0.587. The van der Waals surface area contributed by atoms with Crippen LogP contribution in [-0.2, 0) is 17.6 Å². The van der Waals surface area contributed by atoms with Gasteiger partial charge < -0.3 is 4.90 Å². The molecule has 0 saturated heterocycles. The topological polar surface area (TPSA) is 20.3 Å². The SMILES string of the molecule is O=C(Cc1c(F)cccc1Cl)N1CCc2c(F)cc(F)cc21. The molecule has 0 aliphatic carbocycles. The molecule has 1 aliphatic rings. The van der Waals surface area contributed by atoms with E-state index >= 15 is 0 Å². The second-order valence-corrected chi connectivity index (χ2v) is 5.46. The van der Waals surface area contributed by atoms with Crippen molar-refractivity contribution in [3.8, 4) is 0 Å². The summed E-state index contributed by atoms with van der Waals surface area (Å²) in [6.07, 6.45) is 0.0429. The van der Waals surface area contributed by atoms with Gasteiger partial charge in [0.15, 0.2) is 0 Å². The zero-order chi connectivity index (χ0) is 15.9. The van der Waals surface area contributed by atoms with Gasteiger partial charge in [-0.25, -0.2) is 13.2 Å². The molecule has 1 heterocycles. The monoisotopic (exact) mass is 325 g/mol. The first-order valence-electron chi connectivity index (χ1n) is 6.68. The molecule has 0 unspecified atom stereocenters. The van der Waals surface area contributed by atoms with Crippen molar-refractivity contribution in [2.45, 2.75) is 12.8 Å². The maximum atomic E-state index is 13.7. The van der Waals surface area contributed by atoms with Gasteiger partial charge in [-0.05, 0) is 24.6 Å². The van der Waals surface area contributed by atoms with Crippen LogP contribution >= 0.6 is 11.6 Å². The maximum Gasteiger partial charge on any atom is 0.231 e. The van der Waals surface area contributed by atoms with Crippen LogP contribution in [0.25, 0.3) is 0 Å². The maximum absolute atomic E-state index is 13.7. The Morgan fingerprint density at radius 2 is 1.95 bits per heavy atom. The predicted molar refractivity (Wildman–Crippen MR) is 77.5 cm³/mol. The lowest BCUT2D eigenvalue weighted by Gasteiger charge is -2.18. The number of benzene rings is 2. The van der Waals surface area contributed by atoms with Crippen LogP contribution < -0.4 is 4.90 Å². The first-order valence-corrected chi connectivity index (χ1v) is 7.06. The van der Waals surface area contributed by atoms with Crippen molar-refractivity contribution in [3.05, 3.63) is 63.9 Å². The van der Waals surface area contributed by atoms with Gasteiger partial charge >= 0.3 is 0 Å². The first kappa shape index (κ1) is 14.9. The molecule has 0 aromatic heterocycles. The number of anilines is 1. The lowest BCUT2D eigenvalue weighted by atomic mass is 10.1. The van der Waals surface area contributed by atoms with E-state index in [9.17, 15) is 18.0 Å². The molecule has 0 spiro atoms. The quantitative estimate of drug-likeness (QED) is 0.820. The van der Waals surface area contributed by atoms with Crippen molar-refractivity contribution in [3.63, 3.8) is 0 Å². The second kappa shape index (κ2) is 5.65. The third kappa shape index (κ3) is 2.57. The zero-order valence-corrected chi connectivity index (χ0v) is 12.1. The summed E-state index contributed by atoms with van der Waals surface area (Å²) in [5.74, 6) is -2.45. The fraction of sp³-hybridized carbons (Fsp3) is 0.188. The van der Waals surface area contributed by atoms with Gasteiger partial charge in [-0.3, -0.25) is 4.79 Å². The summed E-state index contributed by atoms with van der Waals surface area (Å²) in [6.45, 7) is 0.237. The predicted octanol–water partition coefficient (Wildman–Crippen LogP) is 3.89. The number of fused-ring (bicyclic) bond motifs is 1. The third-order valence-corrected chi connectivity index (χ3v) is 4.06. The number of rotatable bonds is 2. The van der Waals surface area contributed by atoms with Crippen LogP contribution in [0.2, 0.25) is 5.02 Å². The minimum absolute atomic E-state index is 0.0829. The Labute approximate surface area is 130 Å². The van der Waals surface area contributed by atoms with E-state index < -0.39 is 23.4 Å². The van der Waals surface area contributed by atoms with Gasteiger partial charge in [0.05, 0.1) is 12.1 Å². The average Bonchev–Trinajstić information content (AvgIpc) is 2.87. The lowest BCUT2D eigenvalue weighted by molar-refractivity contribution is -0.117. The van der Waals surface area contributed by atoms with E-state index in [-0.39, 0.29) is 29.2 Å². The number of halogens is 4. The molecule has 2 aromatic rings. The van der Waals surface area contributed by atoms with Crippen LogP contribution in [0.15, 0.2) is 30.3 Å². The average molecular weight is 326 g/mol. The van der Waals surface area contributed by atoms with Gasteiger partial charge in [-0.1, -0.05) is 17.7 Å². The van der Waals surface area contributed by atoms with E-state index in [1.807, 2.05) is 0 Å². The number of carbonyl (C=O) groups is 1. The second-order valence-electron chi connectivity index (χ2n) is 5.06. The zero-order valence-electron chi connectivity index (χ0n) is 11.4. The summed E-state index contributed by atoms with van der Waals surface area (Å²) >= 11 is 5.90. The smallest absolute Gasteiger partial charge is 0.231 e. The van der Waals surface area contributed by atoms with Gasteiger partial charge in [0.25, 0.3) is 0 Å². The van der Waals surface area contributed by atoms with E-state index in [0.717, 1.165) is 12.1 Å². The van der Waals surface area contributed by atoms with E-state index in [4.69, 9.17) is 11.6 Å². The largest absolute Gasteiger partial charge is 0.311 e. The molecule has 0 fully saturated rings. The molecule has 22 heavy (non-hydrogen) atoms. The summed E-state index contributed by atoms with van der Waals surface area (Å²) in [7, 11) is 0. The molecule has 114 valence electrons. The normalized spacial score (nSPS) is 13.4. The van der Waals surface area contributed by atoms with Crippen molar-refractivity contribution < 1.29 is 18.0 Å². The Bertz CT molecular complexity index is 743. The van der Waals surface area contributed by atoms with Crippen molar-refractivity contribution in [1.29, 1.82) is 0 Å². The summed E-state index contributed by atoms with van der Waals surface area (Å²) in [5, 5.41) is 0.151. The van der Waals surface area contributed by atoms with Gasteiger partial charge in [-0.2, -0.15) is 0 Å². The van der Waals surface area contributed by atoms with Gasteiger partial charge in [0.1, 0.15) is 17.5 Å². The van der Waals surface area contributed by atoms with Crippen molar-refractivity contribution >= 4 is 23.2 Å². The molecular weight excluding hydrogens is 315 g/mol. The van der Waals surface area contributed by atoms with Crippen LogP contribution in [-0.4, -0.2) is 12.5 Å². The van der Waals surface area contributed by atoms with Crippen molar-refractivity contribution in [2.24, 2.45) is 0 Å². The lowest BCUT2D eigenvalue weighted by Crippen LogP contribution is -2.30. The van der Waals surface area contributed by atoms with Crippen molar-refractivity contribution in [1.82, 2.24) is 0 Å². The number of hydrogen-bond donors (Lipinski definition) is 0. The van der Waals surface area contributed by atoms with Crippen LogP contribution in [0.3, 0.4) is 0 Å². The third-order valence-electron chi connectivity index (χ3n) is 3.70. The van der Waals surface area contributed by atoms with Crippen molar-refractivity contribution in [2.75, 3.05) is 11.4 Å². The van der Waals surface area contributed by atoms with E-state index in [1.165, 1.54) is 23.1 Å². The molecule has 2 nitrogen and oxygen atoms in total. The van der Waals surface area contributed by atoms with Gasteiger partial charge in [0, 0.05) is 28.8 Å². The molecule has 0 N–H and O–H groups in total. The van der Waals surface area contributed by atoms with Crippen LogP contribution in [0.5, 0.6) is 0 Å². The molecule has 0 bridgehead atoms. The molecule has 0 radical (unpaired) electrons. The number of amides is 1. The Hall–Kier alpha value is -2.01. The number of carbonyl (C=O) groups excluding carboxylic acids is 1. The number of hydrogen-bond acceptors (Lipinski definition) is 1. The minimum Gasteiger partial charge on any atom is -0.311 e. The fourth-order valence-electron chi connectivity index (χ4n) is 2.63. The molecule has 0 atom stereocenters. The molecule has 2 aromatic carbocycles. The molecule has 0 saturated carbocycles. The molecule has 6 heteroatoms. The summed E-state index contributed by atoms with van der Waals surface area (Å²) in [6, 6.07) is 6.06. The van der Waals surface area contributed by atoms with Crippen LogP contribution in [0.1, 0.15) is 11.1 Å². The summed E-state index contributed by atoms with van der Waals surface area (Å²) in [4.78, 5) is 13.6. The van der Waals surface area contributed by atoms with Crippen LogP contribution in [0.4, 0.5) is 18.9 Å². The Morgan fingerprint density at radius 3 is 2.68 bits per heavy atom. The molecule has 1 amide bonds. The Morgan fingerprint density at radius 1 is 1.18 bits per heavy atom. The Kier molecular flexibility index (Phi) is 3.83. The Balaban J connectivity index is 1.90. The first-order chi connectivity index (χ1) is 10.5. The molecule has 1 aliphatic heterocycles. The van der Waals surface area contributed by atoms with Gasteiger partial charge in [-0.15, -0.1) is 0 Å². The van der Waals surface area contributed by atoms with E-state index in [2.05, 4.69) is 0 Å². The highest BCUT2D eigenvalue weighted by molar-refractivity contribution is 6.31. The van der Waals surface area contributed by atoms with Gasteiger partial charge in [0.2, 0.25) is 5.91 Å². The minimum atomic E-state index is -0.750. The highest BCUT2D eigenvalue weighted by Crippen LogP contribution is 2.32. The highest BCUT2D eigenvalue weighted by atomic mass is 35.5. The fourth-order valence-corrected chi connectivity index (χ4v) is 2.86. The highest BCUT2D eigenvalue weighted by Gasteiger charge is 2.28. The van der Waals surface area contributed by atoms with Crippen LogP contribution in [0, 0.1) is 17.5 Å². The summed E-state index contributed by atoms with van der Waals surface area (Å²) < 4.78 is 40.8. The number of nitrogens with zero attached hydrogens (tertiary/aromatic N) is 1. The van der Waals surface area contributed by atoms with E-state index in [1.54, 1.807) is 0 Å².